The Hall–Kier alpha value is -2.23. The monoisotopic (exact) mass is 270 g/mol. The zero-order valence-electron chi connectivity index (χ0n) is 11.3. The Labute approximate surface area is 118 Å². The van der Waals surface area contributed by atoms with E-state index in [2.05, 4.69) is 22.3 Å². The molecule has 3 rings (SSSR count). The number of nitrogens with one attached hydrogen (secondary N) is 1. The van der Waals surface area contributed by atoms with Crippen LogP contribution >= 0.6 is 0 Å². The fraction of sp³-hybridized carbons (Fsp3) is 0.312. The molecule has 4 nitrogen and oxygen atoms in total. The third-order valence-electron chi connectivity index (χ3n) is 3.71. The summed E-state index contributed by atoms with van der Waals surface area (Å²) in [6.07, 6.45) is 3.78. The zero-order chi connectivity index (χ0) is 13.8. The number of para-hydroxylation sites is 1. The lowest BCUT2D eigenvalue weighted by Gasteiger charge is -2.26. The molecule has 0 spiro atoms. The molecule has 4 heteroatoms. The van der Waals surface area contributed by atoms with Gasteiger partial charge < -0.3 is 14.6 Å². The third kappa shape index (κ3) is 2.69. The van der Waals surface area contributed by atoms with Gasteiger partial charge in [-0.2, -0.15) is 0 Å². The second kappa shape index (κ2) is 5.82. The van der Waals surface area contributed by atoms with Gasteiger partial charge in [-0.15, -0.1) is 0 Å². The van der Waals surface area contributed by atoms with Crippen LogP contribution in [0.1, 0.15) is 23.4 Å². The molecule has 1 aliphatic rings. The number of carbonyl (C=O) groups excluding carboxylic acids is 1. The highest BCUT2D eigenvalue weighted by atomic mass is 16.3. The first-order valence-electron chi connectivity index (χ1n) is 6.98. The molecule has 104 valence electrons. The van der Waals surface area contributed by atoms with E-state index in [1.54, 1.807) is 12.1 Å². The van der Waals surface area contributed by atoms with E-state index in [0.29, 0.717) is 18.3 Å². The summed E-state index contributed by atoms with van der Waals surface area (Å²) in [6, 6.07) is 14.1. The lowest BCUT2D eigenvalue weighted by molar-refractivity contribution is 0.0923. The Bertz CT molecular complexity index is 551. The van der Waals surface area contributed by atoms with Crippen LogP contribution in [0.25, 0.3) is 0 Å². The number of nitrogens with zero attached hydrogens (tertiary/aromatic N) is 1. The Balaban J connectivity index is 1.61. The normalized spacial score (nSPS) is 18.2. The van der Waals surface area contributed by atoms with Gasteiger partial charge in [0.1, 0.15) is 0 Å². The minimum Gasteiger partial charge on any atom is -0.459 e. The highest BCUT2D eigenvalue weighted by molar-refractivity contribution is 5.91. The lowest BCUT2D eigenvalue weighted by atomic mass is 10.2. The van der Waals surface area contributed by atoms with E-state index in [9.17, 15) is 4.79 Å². The van der Waals surface area contributed by atoms with Gasteiger partial charge in [-0.3, -0.25) is 4.79 Å². The summed E-state index contributed by atoms with van der Waals surface area (Å²) < 4.78 is 5.10. The van der Waals surface area contributed by atoms with Crippen LogP contribution in [0.5, 0.6) is 0 Å². The fourth-order valence-corrected chi connectivity index (χ4v) is 2.71. The minimum absolute atomic E-state index is 0.144. The molecule has 0 saturated carbocycles. The van der Waals surface area contributed by atoms with Crippen LogP contribution in [0.15, 0.2) is 53.1 Å². The zero-order valence-corrected chi connectivity index (χ0v) is 11.3. The molecular formula is C16H18N2O2. The topological polar surface area (TPSA) is 45.5 Å². The predicted octanol–water partition coefficient (Wildman–Crippen LogP) is 2.68. The molecule has 0 bridgehead atoms. The molecule has 20 heavy (non-hydrogen) atoms. The first-order chi connectivity index (χ1) is 9.84. The molecule has 1 atom stereocenters. The van der Waals surface area contributed by atoms with Crippen molar-refractivity contribution in [1.29, 1.82) is 0 Å². The van der Waals surface area contributed by atoms with Crippen LogP contribution in [-0.4, -0.2) is 25.0 Å². The Kier molecular flexibility index (Phi) is 3.72. The summed E-state index contributed by atoms with van der Waals surface area (Å²) in [5.41, 5.74) is 1.22. The van der Waals surface area contributed by atoms with E-state index in [4.69, 9.17) is 4.42 Å². The largest absolute Gasteiger partial charge is 0.459 e. The quantitative estimate of drug-likeness (QED) is 0.929. The molecule has 1 amide bonds. The van der Waals surface area contributed by atoms with E-state index in [-0.39, 0.29) is 5.91 Å². The standard InChI is InChI=1S/C16H18N2O2/c19-16(15-9-5-11-20-15)17-12-14-8-4-10-18(14)13-6-2-1-3-7-13/h1-3,5-7,9,11,14H,4,8,10,12H2,(H,17,19)/t14-/m0/s1. The fourth-order valence-electron chi connectivity index (χ4n) is 2.71. The van der Waals surface area contributed by atoms with Crippen molar-refractivity contribution < 1.29 is 9.21 Å². The van der Waals surface area contributed by atoms with Crippen LogP contribution in [0.3, 0.4) is 0 Å². The van der Waals surface area contributed by atoms with Crippen molar-refractivity contribution in [2.45, 2.75) is 18.9 Å². The maximum atomic E-state index is 11.9. The van der Waals surface area contributed by atoms with Gasteiger partial charge in [-0.25, -0.2) is 0 Å². The first kappa shape index (κ1) is 12.8. The number of rotatable bonds is 4. The van der Waals surface area contributed by atoms with Gasteiger partial charge >= 0.3 is 0 Å². The highest BCUT2D eigenvalue weighted by Crippen LogP contribution is 2.24. The number of hydrogen-bond donors (Lipinski definition) is 1. The van der Waals surface area contributed by atoms with Gasteiger partial charge in [0, 0.05) is 24.8 Å². The molecule has 1 aromatic carbocycles. The van der Waals surface area contributed by atoms with E-state index >= 15 is 0 Å². The van der Waals surface area contributed by atoms with E-state index in [0.717, 1.165) is 19.4 Å². The third-order valence-corrected chi connectivity index (χ3v) is 3.71. The minimum atomic E-state index is -0.144. The van der Waals surface area contributed by atoms with Crippen molar-refractivity contribution in [2.24, 2.45) is 0 Å². The first-order valence-corrected chi connectivity index (χ1v) is 6.98. The lowest BCUT2D eigenvalue weighted by Crippen LogP contribution is -2.40. The van der Waals surface area contributed by atoms with Crippen molar-refractivity contribution >= 4 is 11.6 Å². The number of furan rings is 1. The second-order valence-corrected chi connectivity index (χ2v) is 5.01. The van der Waals surface area contributed by atoms with Crippen LogP contribution in [0.4, 0.5) is 5.69 Å². The number of hydrogen-bond acceptors (Lipinski definition) is 3. The van der Waals surface area contributed by atoms with Crippen LogP contribution < -0.4 is 10.2 Å². The molecule has 1 aliphatic heterocycles. The van der Waals surface area contributed by atoms with Gasteiger partial charge in [0.2, 0.25) is 0 Å². The average Bonchev–Trinajstić information content (AvgIpc) is 3.17. The molecule has 1 saturated heterocycles. The number of carbonyl (C=O) groups is 1. The summed E-state index contributed by atoms with van der Waals surface area (Å²) in [7, 11) is 0. The van der Waals surface area contributed by atoms with Crippen molar-refractivity contribution in [2.75, 3.05) is 18.0 Å². The Morgan fingerprint density at radius 3 is 2.85 bits per heavy atom. The molecule has 0 unspecified atom stereocenters. The van der Waals surface area contributed by atoms with Crippen LogP contribution in [0, 0.1) is 0 Å². The molecule has 1 fully saturated rings. The van der Waals surface area contributed by atoms with Crippen molar-refractivity contribution in [1.82, 2.24) is 5.32 Å². The Morgan fingerprint density at radius 2 is 2.10 bits per heavy atom. The summed E-state index contributed by atoms with van der Waals surface area (Å²) in [5.74, 6) is 0.226. The molecule has 1 aromatic heterocycles. The van der Waals surface area contributed by atoms with E-state index in [1.807, 2.05) is 18.2 Å². The molecule has 2 heterocycles. The maximum absolute atomic E-state index is 11.9. The van der Waals surface area contributed by atoms with E-state index in [1.165, 1.54) is 12.0 Å². The smallest absolute Gasteiger partial charge is 0.287 e. The highest BCUT2D eigenvalue weighted by Gasteiger charge is 2.25. The molecule has 1 N–H and O–H groups in total. The van der Waals surface area contributed by atoms with Gasteiger partial charge in [-0.1, -0.05) is 18.2 Å². The number of amides is 1. The van der Waals surface area contributed by atoms with Gasteiger partial charge in [0.15, 0.2) is 5.76 Å². The summed E-state index contributed by atoms with van der Waals surface area (Å²) in [4.78, 5) is 14.2. The molecule has 0 radical (unpaired) electrons. The maximum Gasteiger partial charge on any atom is 0.287 e. The summed E-state index contributed by atoms with van der Waals surface area (Å²) in [6.45, 7) is 1.69. The summed E-state index contributed by atoms with van der Waals surface area (Å²) in [5, 5.41) is 2.95. The van der Waals surface area contributed by atoms with Crippen molar-refractivity contribution in [3.8, 4) is 0 Å². The van der Waals surface area contributed by atoms with E-state index < -0.39 is 0 Å². The summed E-state index contributed by atoms with van der Waals surface area (Å²) >= 11 is 0. The van der Waals surface area contributed by atoms with Crippen molar-refractivity contribution in [3.05, 3.63) is 54.5 Å². The number of anilines is 1. The van der Waals surface area contributed by atoms with Gasteiger partial charge in [0.25, 0.3) is 5.91 Å². The molecule has 2 aromatic rings. The molecular weight excluding hydrogens is 252 g/mol. The van der Waals surface area contributed by atoms with Gasteiger partial charge in [0.05, 0.1) is 6.26 Å². The number of benzene rings is 1. The van der Waals surface area contributed by atoms with Crippen molar-refractivity contribution in [3.63, 3.8) is 0 Å². The van der Waals surface area contributed by atoms with Gasteiger partial charge in [-0.05, 0) is 37.1 Å². The van der Waals surface area contributed by atoms with Crippen LogP contribution in [0.2, 0.25) is 0 Å². The molecule has 0 aliphatic carbocycles. The Morgan fingerprint density at radius 1 is 1.25 bits per heavy atom. The predicted molar refractivity (Wildman–Crippen MR) is 77.9 cm³/mol. The second-order valence-electron chi connectivity index (χ2n) is 5.01. The van der Waals surface area contributed by atoms with Crippen LogP contribution in [-0.2, 0) is 0 Å². The SMILES string of the molecule is O=C(NC[C@@H]1CCCN1c1ccccc1)c1ccco1. The average molecular weight is 270 g/mol.